The summed E-state index contributed by atoms with van der Waals surface area (Å²) < 4.78 is 15.0. The van der Waals surface area contributed by atoms with Crippen molar-refractivity contribution in [3.63, 3.8) is 0 Å². The molecular formula is C20H19FN4O2. The van der Waals surface area contributed by atoms with Crippen molar-refractivity contribution in [1.82, 2.24) is 20.2 Å². The molecule has 1 aromatic heterocycles. The molecule has 3 rings (SSSR count). The number of nitrogens with one attached hydrogen (secondary N) is 2. The smallest absolute Gasteiger partial charge is 0.251 e. The van der Waals surface area contributed by atoms with E-state index in [1.54, 1.807) is 53.4 Å². The molecule has 2 amide bonds. The van der Waals surface area contributed by atoms with Gasteiger partial charge in [0.2, 0.25) is 5.91 Å². The normalized spacial score (nSPS) is 11.6. The zero-order valence-electron chi connectivity index (χ0n) is 14.7. The molecule has 0 saturated heterocycles. The van der Waals surface area contributed by atoms with Crippen LogP contribution in [0.5, 0.6) is 0 Å². The number of aryl methyl sites for hydroxylation is 1. The van der Waals surface area contributed by atoms with Gasteiger partial charge in [-0.3, -0.25) is 9.59 Å². The van der Waals surface area contributed by atoms with E-state index in [2.05, 4.69) is 15.6 Å². The van der Waals surface area contributed by atoms with Crippen molar-refractivity contribution in [1.29, 1.82) is 0 Å². The highest BCUT2D eigenvalue weighted by Gasteiger charge is 2.21. The molecule has 0 radical (unpaired) electrons. The maximum Gasteiger partial charge on any atom is 0.251 e. The molecule has 0 bridgehead atoms. The van der Waals surface area contributed by atoms with E-state index in [1.807, 2.05) is 13.1 Å². The first-order chi connectivity index (χ1) is 13.0. The average Bonchev–Trinajstić information content (AvgIpc) is 3.11. The van der Waals surface area contributed by atoms with Crippen molar-refractivity contribution in [2.24, 2.45) is 7.05 Å². The highest BCUT2D eigenvalue weighted by molar-refractivity contribution is 5.96. The predicted octanol–water partition coefficient (Wildman–Crippen LogP) is 2.19. The lowest BCUT2D eigenvalue weighted by Gasteiger charge is -2.19. The van der Waals surface area contributed by atoms with Gasteiger partial charge in [0.15, 0.2) is 0 Å². The molecule has 0 fully saturated rings. The number of amides is 2. The number of halogens is 1. The van der Waals surface area contributed by atoms with Crippen molar-refractivity contribution in [3.05, 3.63) is 89.8 Å². The molecule has 0 aliphatic heterocycles. The zero-order chi connectivity index (χ0) is 19.2. The lowest BCUT2D eigenvalue weighted by atomic mass is 10.1. The molecule has 7 heteroatoms. The van der Waals surface area contributed by atoms with Crippen LogP contribution in [0.3, 0.4) is 0 Å². The third-order valence-electron chi connectivity index (χ3n) is 4.07. The van der Waals surface area contributed by atoms with Crippen molar-refractivity contribution in [2.45, 2.75) is 6.04 Å². The van der Waals surface area contributed by atoms with Crippen LogP contribution in [0.2, 0.25) is 0 Å². The van der Waals surface area contributed by atoms with Crippen molar-refractivity contribution in [2.75, 3.05) is 6.54 Å². The van der Waals surface area contributed by atoms with Gasteiger partial charge >= 0.3 is 0 Å². The quantitative estimate of drug-likeness (QED) is 0.702. The molecule has 2 N–H and O–H groups in total. The first kappa shape index (κ1) is 18.3. The first-order valence-electron chi connectivity index (χ1n) is 8.40. The van der Waals surface area contributed by atoms with E-state index in [-0.39, 0.29) is 24.2 Å². The third-order valence-corrected chi connectivity index (χ3v) is 4.07. The molecule has 0 saturated carbocycles. The number of rotatable bonds is 6. The van der Waals surface area contributed by atoms with E-state index < -0.39 is 6.04 Å². The minimum absolute atomic E-state index is 0.185. The van der Waals surface area contributed by atoms with E-state index in [9.17, 15) is 14.0 Å². The van der Waals surface area contributed by atoms with Crippen LogP contribution >= 0.6 is 0 Å². The Morgan fingerprint density at radius 1 is 1.11 bits per heavy atom. The summed E-state index contributed by atoms with van der Waals surface area (Å²) in [7, 11) is 1.81. The maximum atomic E-state index is 13.2. The fraction of sp³-hybridized carbons (Fsp3) is 0.150. The van der Waals surface area contributed by atoms with Gasteiger partial charge in [-0.1, -0.05) is 30.3 Å². The topological polar surface area (TPSA) is 76.0 Å². The number of carbonyl (C=O) groups excluding carboxylic acids is 2. The maximum absolute atomic E-state index is 13.2. The monoisotopic (exact) mass is 366 g/mol. The molecular weight excluding hydrogens is 347 g/mol. The predicted molar refractivity (Wildman–Crippen MR) is 98.4 cm³/mol. The van der Waals surface area contributed by atoms with Gasteiger partial charge in [-0.15, -0.1) is 0 Å². The molecule has 6 nitrogen and oxygen atoms in total. The lowest BCUT2D eigenvalue weighted by Crippen LogP contribution is -2.39. The Labute approximate surface area is 156 Å². The Kier molecular flexibility index (Phi) is 5.61. The van der Waals surface area contributed by atoms with Crippen molar-refractivity contribution < 1.29 is 14.0 Å². The van der Waals surface area contributed by atoms with Gasteiger partial charge < -0.3 is 15.2 Å². The van der Waals surface area contributed by atoms with Gasteiger partial charge in [0.05, 0.1) is 6.54 Å². The molecule has 0 aliphatic rings. The van der Waals surface area contributed by atoms with Crippen molar-refractivity contribution >= 4 is 11.8 Å². The third kappa shape index (κ3) is 4.58. The van der Waals surface area contributed by atoms with Crippen LogP contribution in [-0.2, 0) is 11.8 Å². The Bertz CT molecular complexity index is 923. The van der Waals surface area contributed by atoms with E-state index in [0.29, 0.717) is 17.0 Å². The van der Waals surface area contributed by atoms with E-state index in [4.69, 9.17) is 0 Å². The Morgan fingerprint density at radius 2 is 1.81 bits per heavy atom. The van der Waals surface area contributed by atoms with Crippen molar-refractivity contribution in [3.8, 4) is 0 Å². The van der Waals surface area contributed by atoms with Crippen LogP contribution in [0.4, 0.5) is 4.39 Å². The molecule has 27 heavy (non-hydrogen) atoms. The molecule has 138 valence electrons. The fourth-order valence-electron chi connectivity index (χ4n) is 2.67. The molecule has 2 aromatic carbocycles. The van der Waals surface area contributed by atoms with Gasteiger partial charge in [0.25, 0.3) is 5.91 Å². The summed E-state index contributed by atoms with van der Waals surface area (Å²) in [6.07, 6.45) is 3.38. The summed E-state index contributed by atoms with van der Waals surface area (Å²) >= 11 is 0. The number of hydrogen-bond donors (Lipinski definition) is 2. The molecule has 0 aliphatic carbocycles. The second kappa shape index (κ2) is 8.27. The highest BCUT2D eigenvalue weighted by Crippen LogP contribution is 2.20. The molecule has 1 heterocycles. The average molecular weight is 366 g/mol. The van der Waals surface area contributed by atoms with Crippen LogP contribution < -0.4 is 10.6 Å². The molecule has 3 aromatic rings. The minimum Gasteiger partial charge on any atom is -0.343 e. The SMILES string of the molecule is Cn1ccnc1C(NC(=O)CNC(=O)c1ccccc1)c1ccc(F)cc1. The standard InChI is InChI=1S/C20H19FN4O2/c1-25-12-11-22-19(25)18(14-7-9-16(21)10-8-14)24-17(26)13-23-20(27)15-5-3-2-4-6-15/h2-12,18H,13H2,1H3,(H,23,27)(H,24,26). The minimum atomic E-state index is -0.563. The first-order valence-corrected chi connectivity index (χ1v) is 8.40. The van der Waals surface area contributed by atoms with Crippen LogP contribution in [0.25, 0.3) is 0 Å². The number of carbonyl (C=O) groups is 2. The Balaban J connectivity index is 1.70. The van der Waals surface area contributed by atoms with E-state index >= 15 is 0 Å². The number of aromatic nitrogens is 2. The van der Waals surface area contributed by atoms with Crippen LogP contribution in [-0.4, -0.2) is 27.9 Å². The van der Waals surface area contributed by atoms with Crippen LogP contribution in [0.1, 0.15) is 27.8 Å². The van der Waals surface area contributed by atoms with Gasteiger partial charge in [0.1, 0.15) is 17.7 Å². The molecule has 1 atom stereocenters. The zero-order valence-corrected chi connectivity index (χ0v) is 14.7. The summed E-state index contributed by atoms with van der Waals surface area (Å²) in [5, 5.41) is 5.43. The Hall–Kier alpha value is -3.48. The lowest BCUT2D eigenvalue weighted by molar-refractivity contribution is -0.120. The van der Waals surface area contributed by atoms with Gasteiger partial charge in [-0.2, -0.15) is 0 Å². The fourth-order valence-corrected chi connectivity index (χ4v) is 2.67. The number of imidazole rings is 1. The van der Waals surface area contributed by atoms with E-state index in [0.717, 1.165) is 0 Å². The summed E-state index contributed by atoms with van der Waals surface area (Å²) in [5.41, 5.74) is 1.16. The highest BCUT2D eigenvalue weighted by atomic mass is 19.1. The van der Waals surface area contributed by atoms with Gasteiger partial charge in [0, 0.05) is 25.0 Å². The van der Waals surface area contributed by atoms with Crippen LogP contribution in [0, 0.1) is 5.82 Å². The summed E-state index contributed by atoms with van der Waals surface area (Å²) in [5.74, 6) is -0.471. The second-order valence-corrected chi connectivity index (χ2v) is 6.00. The van der Waals surface area contributed by atoms with Crippen LogP contribution in [0.15, 0.2) is 67.0 Å². The molecule has 0 spiro atoms. The molecule has 1 unspecified atom stereocenters. The number of hydrogen-bond acceptors (Lipinski definition) is 3. The second-order valence-electron chi connectivity index (χ2n) is 6.00. The summed E-state index contributed by atoms with van der Waals surface area (Å²) in [6.45, 7) is -0.185. The summed E-state index contributed by atoms with van der Waals surface area (Å²) in [6, 6.07) is 13.9. The number of nitrogens with zero attached hydrogens (tertiary/aromatic N) is 2. The van der Waals surface area contributed by atoms with E-state index in [1.165, 1.54) is 12.1 Å². The van der Waals surface area contributed by atoms with Gasteiger partial charge in [-0.25, -0.2) is 9.37 Å². The summed E-state index contributed by atoms with van der Waals surface area (Å²) in [4.78, 5) is 28.8. The largest absolute Gasteiger partial charge is 0.343 e. The van der Waals surface area contributed by atoms with Gasteiger partial charge in [-0.05, 0) is 29.8 Å². The number of benzene rings is 2. The Morgan fingerprint density at radius 3 is 2.44 bits per heavy atom.